The average Bonchev–Trinajstić information content (AvgIpc) is 2.92. The Morgan fingerprint density at radius 2 is 1.95 bits per heavy atom. The molecule has 0 atom stereocenters. The van der Waals surface area contributed by atoms with Gasteiger partial charge in [0.25, 0.3) is 0 Å². The summed E-state index contributed by atoms with van der Waals surface area (Å²) in [5, 5.41) is 4.77. The van der Waals surface area contributed by atoms with Crippen molar-refractivity contribution in [1.82, 2.24) is 10.1 Å². The van der Waals surface area contributed by atoms with E-state index >= 15 is 0 Å². The van der Waals surface area contributed by atoms with Crippen LogP contribution >= 0.6 is 11.6 Å². The lowest BCUT2D eigenvalue weighted by Crippen LogP contribution is -2.39. The summed E-state index contributed by atoms with van der Waals surface area (Å²) >= 11 is 6.15. The van der Waals surface area contributed by atoms with E-state index in [1.54, 1.807) is 0 Å². The molecule has 1 aromatic carbocycles. The third kappa shape index (κ3) is 2.72. The van der Waals surface area contributed by atoms with Gasteiger partial charge >= 0.3 is 0 Å². The molecule has 1 aromatic heterocycles. The van der Waals surface area contributed by atoms with Gasteiger partial charge in [-0.1, -0.05) is 54.2 Å². The van der Waals surface area contributed by atoms with Crippen LogP contribution in [0.2, 0.25) is 5.02 Å². The second-order valence-corrected chi connectivity index (χ2v) is 5.91. The van der Waals surface area contributed by atoms with Gasteiger partial charge in [-0.15, -0.1) is 0 Å². The number of nitrogens with zero attached hydrogens (tertiary/aromatic N) is 2. The Hall–Kier alpha value is -1.39. The zero-order valence-corrected chi connectivity index (χ0v) is 12.1. The van der Waals surface area contributed by atoms with Crippen molar-refractivity contribution < 1.29 is 4.52 Å². The Morgan fingerprint density at radius 1 is 1.20 bits per heavy atom. The van der Waals surface area contributed by atoms with Crippen molar-refractivity contribution in [3.8, 4) is 0 Å². The molecule has 0 spiro atoms. The summed E-state index contributed by atoms with van der Waals surface area (Å²) in [6.45, 7) is 0. The van der Waals surface area contributed by atoms with Gasteiger partial charge in [-0.2, -0.15) is 4.98 Å². The Kier molecular flexibility index (Phi) is 3.76. The van der Waals surface area contributed by atoms with E-state index < -0.39 is 5.54 Å². The topological polar surface area (TPSA) is 64.9 Å². The molecule has 1 heterocycles. The molecule has 2 aromatic rings. The van der Waals surface area contributed by atoms with E-state index in [0.717, 1.165) is 36.3 Å². The van der Waals surface area contributed by atoms with Crippen molar-refractivity contribution in [2.45, 2.75) is 44.1 Å². The number of benzene rings is 1. The van der Waals surface area contributed by atoms with Crippen LogP contribution in [0.3, 0.4) is 0 Å². The molecular formula is C15H18ClN3O. The molecular weight excluding hydrogens is 274 g/mol. The van der Waals surface area contributed by atoms with Crippen molar-refractivity contribution in [3.05, 3.63) is 46.6 Å². The summed E-state index contributed by atoms with van der Waals surface area (Å²) in [5.41, 5.74) is 6.95. The second kappa shape index (κ2) is 5.54. The predicted molar refractivity (Wildman–Crippen MR) is 77.5 cm³/mol. The van der Waals surface area contributed by atoms with E-state index in [1.165, 1.54) is 6.42 Å². The highest BCUT2D eigenvalue weighted by molar-refractivity contribution is 6.31. The Balaban J connectivity index is 1.78. The van der Waals surface area contributed by atoms with Gasteiger partial charge in [-0.3, -0.25) is 0 Å². The molecule has 20 heavy (non-hydrogen) atoms. The first-order valence-corrected chi connectivity index (χ1v) is 7.40. The fraction of sp³-hybridized carbons (Fsp3) is 0.467. The molecule has 4 nitrogen and oxygen atoms in total. The predicted octanol–water partition coefficient (Wildman–Crippen LogP) is 3.43. The molecule has 1 fully saturated rings. The monoisotopic (exact) mass is 291 g/mol. The summed E-state index contributed by atoms with van der Waals surface area (Å²) in [6, 6.07) is 7.69. The number of nitrogens with two attached hydrogens (primary N) is 1. The molecule has 0 aliphatic heterocycles. The number of rotatable bonds is 3. The van der Waals surface area contributed by atoms with Crippen LogP contribution in [0.4, 0.5) is 0 Å². The molecule has 106 valence electrons. The van der Waals surface area contributed by atoms with Crippen molar-refractivity contribution in [2.24, 2.45) is 5.73 Å². The highest BCUT2D eigenvalue weighted by Gasteiger charge is 2.35. The lowest BCUT2D eigenvalue weighted by atomic mass is 9.82. The van der Waals surface area contributed by atoms with E-state index in [4.69, 9.17) is 21.9 Å². The second-order valence-electron chi connectivity index (χ2n) is 5.50. The van der Waals surface area contributed by atoms with Gasteiger partial charge in [0, 0.05) is 11.4 Å². The van der Waals surface area contributed by atoms with E-state index in [9.17, 15) is 0 Å². The fourth-order valence-corrected chi connectivity index (χ4v) is 2.94. The van der Waals surface area contributed by atoms with Crippen LogP contribution in [-0.4, -0.2) is 10.1 Å². The van der Waals surface area contributed by atoms with Crippen molar-refractivity contribution in [1.29, 1.82) is 0 Å². The van der Waals surface area contributed by atoms with Gasteiger partial charge in [0.1, 0.15) is 0 Å². The molecule has 0 saturated heterocycles. The average molecular weight is 292 g/mol. The molecule has 3 rings (SSSR count). The minimum absolute atomic E-state index is 0.440. The van der Waals surface area contributed by atoms with Crippen LogP contribution in [0.5, 0.6) is 0 Å². The maximum atomic E-state index is 6.39. The van der Waals surface area contributed by atoms with Crippen molar-refractivity contribution >= 4 is 11.6 Å². The SMILES string of the molecule is NC1(c2nc(Cc3ccccc3Cl)no2)CCCCC1. The van der Waals surface area contributed by atoms with Gasteiger partial charge in [-0.25, -0.2) is 0 Å². The third-order valence-electron chi connectivity index (χ3n) is 3.95. The number of aromatic nitrogens is 2. The number of halogens is 1. The highest BCUT2D eigenvalue weighted by Crippen LogP contribution is 2.33. The lowest BCUT2D eigenvalue weighted by Gasteiger charge is -2.29. The van der Waals surface area contributed by atoms with Crippen LogP contribution in [0.25, 0.3) is 0 Å². The first-order valence-electron chi connectivity index (χ1n) is 7.03. The first-order chi connectivity index (χ1) is 9.67. The quantitative estimate of drug-likeness (QED) is 0.941. The Labute approximate surface area is 123 Å². The zero-order chi connectivity index (χ0) is 14.0. The Morgan fingerprint density at radius 3 is 2.70 bits per heavy atom. The molecule has 2 N–H and O–H groups in total. The summed E-state index contributed by atoms with van der Waals surface area (Å²) in [4.78, 5) is 4.48. The van der Waals surface area contributed by atoms with Crippen molar-refractivity contribution in [2.75, 3.05) is 0 Å². The van der Waals surface area contributed by atoms with E-state index in [1.807, 2.05) is 24.3 Å². The number of hydrogen-bond acceptors (Lipinski definition) is 4. The maximum absolute atomic E-state index is 6.39. The largest absolute Gasteiger partial charge is 0.337 e. The fourth-order valence-electron chi connectivity index (χ4n) is 2.74. The minimum Gasteiger partial charge on any atom is -0.337 e. The molecule has 0 unspecified atom stereocenters. The van der Waals surface area contributed by atoms with Crippen LogP contribution < -0.4 is 5.73 Å². The van der Waals surface area contributed by atoms with Gasteiger partial charge in [0.15, 0.2) is 5.82 Å². The number of hydrogen-bond donors (Lipinski definition) is 1. The molecule has 1 aliphatic carbocycles. The summed E-state index contributed by atoms with van der Waals surface area (Å²) in [5.74, 6) is 1.21. The van der Waals surface area contributed by atoms with E-state index in [0.29, 0.717) is 18.1 Å². The molecule has 1 saturated carbocycles. The Bertz CT molecular complexity index is 590. The van der Waals surface area contributed by atoms with Gasteiger partial charge in [0.05, 0.1) is 5.54 Å². The smallest absolute Gasteiger partial charge is 0.246 e. The van der Waals surface area contributed by atoms with Gasteiger partial charge in [0.2, 0.25) is 5.89 Å². The van der Waals surface area contributed by atoms with E-state index in [2.05, 4.69) is 10.1 Å². The minimum atomic E-state index is -0.440. The highest BCUT2D eigenvalue weighted by atomic mass is 35.5. The zero-order valence-electron chi connectivity index (χ0n) is 11.3. The molecule has 0 amide bonds. The molecule has 0 bridgehead atoms. The van der Waals surface area contributed by atoms with Crippen LogP contribution in [0.1, 0.15) is 49.4 Å². The third-order valence-corrected chi connectivity index (χ3v) is 4.31. The van der Waals surface area contributed by atoms with Gasteiger partial charge < -0.3 is 10.3 Å². The van der Waals surface area contributed by atoms with Crippen LogP contribution in [0.15, 0.2) is 28.8 Å². The van der Waals surface area contributed by atoms with Crippen LogP contribution in [0, 0.1) is 0 Å². The summed E-state index contributed by atoms with van der Waals surface area (Å²) in [7, 11) is 0. The molecule has 1 aliphatic rings. The normalized spacial score (nSPS) is 18.1. The maximum Gasteiger partial charge on any atom is 0.246 e. The summed E-state index contributed by atoms with van der Waals surface area (Å²) in [6.07, 6.45) is 5.89. The van der Waals surface area contributed by atoms with Gasteiger partial charge in [-0.05, 0) is 24.5 Å². The van der Waals surface area contributed by atoms with E-state index in [-0.39, 0.29) is 0 Å². The first kappa shape index (κ1) is 13.6. The van der Waals surface area contributed by atoms with Crippen LogP contribution in [-0.2, 0) is 12.0 Å². The lowest BCUT2D eigenvalue weighted by molar-refractivity contribution is 0.219. The van der Waals surface area contributed by atoms with Crippen molar-refractivity contribution in [3.63, 3.8) is 0 Å². The summed E-state index contributed by atoms with van der Waals surface area (Å²) < 4.78 is 5.39. The standard InChI is InChI=1S/C15H18ClN3O/c16-12-7-3-2-6-11(12)10-13-18-14(20-19-13)15(17)8-4-1-5-9-15/h2-3,6-7H,1,4-5,8-10,17H2. The molecule has 5 heteroatoms. The molecule has 0 radical (unpaired) electrons.